The first-order valence-electron chi connectivity index (χ1n) is 8.69. The van der Waals surface area contributed by atoms with Gasteiger partial charge in [0.15, 0.2) is 11.5 Å². The van der Waals surface area contributed by atoms with Crippen LogP contribution in [0.1, 0.15) is 12.8 Å². The predicted molar refractivity (Wildman–Crippen MR) is 90.7 cm³/mol. The van der Waals surface area contributed by atoms with Crippen molar-refractivity contribution >= 4 is 17.5 Å². The van der Waals surface area contributed by atoms with Gasteiger partial charge < -0.3 is 19.3 Å². The molecule has 0 radical (unpaired) electrons. The first-order valence-corrected chi connectivity index (χ1v) is 8.69. The van der Waals surface area contributed by atoms with E-state index < -0.39 is 5.79 Å². The van der Waals surface area contributed by atoms with Crippen molar-refractivity contribution in [3.8, 4) is 11.5 Å². The zero-order chi connectivity index (χ0) is 17.7. The number of carbonyl (C=O) groups excluding carboxylic acids is 2. The molecule has 4 heterocycles. The highest BCUT2D eigenvalue weighted by Gasteiger charge is 2.50. The maximum Gasteiger partial charge on any atom is 0.270 e. The van der Waals surface area contributed by atoms with E-state index >= 15 is 0 Å². The van der Waals surface area contributed by atoms with Crippen molar-refractivity contribution in [2.75, 3.05) is 24.5 Å². The fourth-order valence-electron chi connectivity index (χ4n) is 3.92. The molecule has 2 saturated heterocycles. The Kier molecular flexibility index (Phi) is 3.22. The van der Waals surface area contributed by atoms with E-state index in [1.54, 1.807) is 22.2 Å². The Bertz CT molecular complexity index is 841. The molecule has 2 fully saturated rings. The summed E-state index contributed by atoms with van der Waals surface area (Å²) in [6.45, 7) is 1.31. The molecule has 26 heavy (non-hydrogen) atoms. The van der Waals surface area contributed by atoms with Gasteiger partial charge in [0.1, 0.15) is 0 Å². The van der Waals surface area contributed by atoms with E-state index in [-0.39, 0.29) is 24.2 Å². The van der Waals surface area contributed by atoms with Gasteiger partial charge in [-0.2, -0.15) is 5.10 Å². The van der Waals surface area contributed by atoms with E-state index in [1.807, 2.05) is 24.3 Å². The number of likely N-dealkylation sites (tertiary alicyclic amines) is 1. The SMILES string of the molecule is O=C(C1CC(=O)N(c2cn[nH]c2)C1)N1CCC2(C1)Oc1ccccc1O2. The maximum absolute atomic E-state index is 12.9. The molecule has 5 rings (SSSR count). The molecule has 1 unspecified atom stereocenters. The Morgan fingerprint density at radius 2 is 2.04 bits per heavy atom. The Morgan fingerprint density at radius 3 is 2.73 bits per heavy atom. The molecule has 1 atom stereocenters. The summed E-state index contributed by atoms with van der Waals surface area (Å²) < 4.78 is 12.0. The average molecular weight is 354 g/mol. The van der Waals surface area contributed by atoms with Gasteiger partial charge in [-0.15, -0.1) is 0 Å². The quantitative estimate of drug-likeness (QED) is 0.874. The van der Waals surface area contributed by atoms with Gasteiger partial charge in [-0.1, -0.05) is 12.1 Å². The predicted octanol–water partition coefficient (Wildman–Crippen LogP) is 1.16. The van der Waals surface area contributed by atoms with Crippen LogP contribution in [0.25, 0.3) is 0 Å². The lowest BCUT2D eigenvalue weighted by atomic mass is 10.1. The number of hydrogen-bond acceptors (Lipinski definition) is 5. The Labute approximate surface area is 149 Å². The van der Waals surface area contributed by atoms with Crippen molar-refractivity contribution in [1.82, 2.24) is 15.1 Å². The average Bonchev–Trinajstić information content (AvgIpc) is 3.40. The number of aromatic amines is 1. The standard InChI is InChI=1S/C18H18N4O4/c23-16-7-12(10-22(16)13-8-19-20-9-13)17(24)21-6-5-18(11-21)25-14-3-1-2-4-15(14)26-18/h1-4,8-9,12H,5-7,10-11H2,(H,19,20). The largest absolute Gasteiger partial charge is 0.447 e. The van der Waals surface area contributed by atoms with Crippen molar-refractivity contribution < 1.29 is 19.1 Å². The second-order valence-electron chi connectivity index (χ2n) is 6.93. The maximum atomic E-state index is 12.9. The molecule has 1 spiro atoms. The normalized spacial score (nSPS) is 23.2. The Balaban J connectivity index is 1.27. The highest BCUT2D eigenvalue weighted by Crippen LogP contribution is 2.43. The number of rotatable bonds is 2. The van der Waals surface area contributed by atoms with Gasteiger partial charge >= 0.3 is 0 Å². The lowest BCUT2D eigenvalue weighted by Gasteiger charge is -2.24. The van der Waals surface area contributed by atoms with Crippen LogP contribution in [0.3, 0.4) is 0 Å². The molecule has 0 bridgehead atoms. The number of carbonyl (C=O) groups is 2. The van der Waals surface area contributed by atoms with Crippen molar-refractivity contribution in [2.45, 2.75) is 18.6 Å². The molecule has 8 heteroatoms. The van der Waals surface area contributed by atoms with Gasteiger partial charge in [-0.3, -0.25) is 14.7 Å². The number of hydrogen-bond donors (Lipinski definition) is 1. The smallest absolute Gasteiger partial charge is 0.270 e. The van der Waals surface area contributed by atoms with Crippen LogP contribution in [0.4, 0.5) is 5.69 Å². The van der Waals surface area contributed by atoms with Crippen LogP contribution < -0.4 is 14.4 Å². The third-order valence-corrected chi connectivity index (χ3v) is 5.22. The molecule has 2 amide bonds. The minimum absolute atomic E-state index is 0.0237. The second-order valence-corrected chi connectivity index (χ2v) is 6.93. The van der Waals surface area contributed by atoms with E-state index in [2.05, 4.69) is 10.2 Å². The summed E-state index contributed by atoms with van der Waals surface area (Å²) in [7, 11) is 0. The number of para-hydroxylation sites is 2. The van der Waals surface area contributed by atoms with E-state index in [1.165, 1.54) is 0 Å². The highest BCUT2D eigenvalue weighted by atomic mass is 16.7. The Hall–Kier alpha value is -3.03. The summed E-state index contributed by atoms with van der Waals surface area (Å²) in [4.78, 5) is 28.6. The van der Waals surface area contributed by atoms with Crippen molar-refractivity contribution in [2.24, 2.45) is 5.92 Å². The molecule has 2 aromatic rings. The molecule has 1 N–H and O–H groups in total. The van der Waals surface area contributed by atoms with Gasteiger partial charge in [0.05, 0.1) is 24.3 Å². The number of aromatic nitrogens is 2. The van der Waals surface area contributed by atoms with Crippen LogP contribution >= 0.6 is 0 Å². The number of anilines is 1. The zero-order valence-corrected chi connectivity index (χ0v) is 14.1. The van der Waals surface area contributed by atoms with Crippen molar-refractivity contribution in [3.63, 3.8) is 0 Å². The van der Waals surface area contributed by atoms with E-state index in [0.717, 1.165) is 0 Å². The van der Waals surface area contributed by atoms with Gasteiger partial charge in [-0.05, 0) is 12.1 Å². The van der Waals surface area contributed by atoms with E-state index in [9.17, 15) is 9.59 Å². The first-order chi connectivity index (χ1) is 12.6. The summed E-state index contributed by atoms with van der Waals surface area (Å²) in [5, 5.41) is 6.56. The highest BCUT2D eigenvalue weighted by molar-refractivity contribution is 6.00. The number of H-pyrrole nitrogens is 1. The molecule has 1 aromatic carbocycles. The number of fused-ring (bicyclic) bond motifs is 1. The molecule has 3 aliphatic heterocycles. The zero-order valence-electron chi connectivity index (χ0n) is 14.1. The fraction of sp³-hybridized carbons (Fsp3) is 0.389. The molecule has 0 saturated carbocycles. The topological polar surface area (TPSA) is 87.8 Å². The molecular weight excluding hydrogens is 336 g/mol. The number of benzene rings is 1. The van der Waals surface area contributed by atoms with Crippen LogP contribution in [-0.4, -0.2) is 52.3 Å². The minimum Gasteiger partial charge on any atom is -0.447 e. The molecule has 3 aliphatic rings. The Morgan fingerprint density at radius 1 is 1.27 bits per heavy atom. The summed E-state index contributed by atoms with van der Waals surface area (Å²) in [5.74, 6) is 0.194. The summed E-state index contributed by atoms with van der Waals surface area (Å²) in [6, 6.07) is 7.53. The van der Waals surface area contributed by atoms with Crippen LogP contribution in [0.15, 0.2) is 36.7 Å². The van der Waals surface area contributed by atoms with Crippen LogP contribution in [0.5, 0.6) is 11.5 Å². The molecule has 1 aromatic heterocycles. The monoisotopic (exact) mass is 354 g/mol. The number of nitrogens with zero attached hydrogens (tertiary/aromatic N) is 3. The van der Waals surface area contributed by atoms with Crippen LogP contribution in [0.2, 0.25) is 0 Å². The lowest BCUT2D eigenvalue weighted by Crippen LogP contribution is -2.44. The van der Waals surface area contributed by atoms with Crippen molar-refractivity contribution in [1.29, 1.82) is 0 Å². The van der Waals surface area contributed by atoms with Crippen molar-refractivity contribution in [3.05, 3.63) is 36.7 Å². The molecule has 0 aliphatic carbocycles. The van der Waals surface area contributed by atoms with Gasteiger partial charge in [0.25, 0.3) is 5.79 Å². The molecular formula is C18H18N4O4. The summed E-state index contributed by atoms with van der Waals surface area (Å²) >= 11 is 0. The third kappa shape index (κ3) is 2.33. The lowest BCUT2D eigenvalue weighted by molar-refractivity contribution is -0.137. The number of ether oxygens (including phenoxy) is 2. The fourth-order valence-corrected chi connectivity index (χ4v) is 3.92. The summed E-state index contributed by atoms with van der Waals surface area (Å²) in [5.41, 5.74) is 0.695. The minimum atomic E-state index is -0.799. The van der Waals surface area contributed by atoms with Crippen LogP contribution in [0, 0.1) is 5.92 Å². The summed E-state index contributed by atoms with van der Waals surface area (Å²) in [6.07, 6.45) is 4.08. The van der Waals surface area contributed by atoms with Gasteiger partial charge in [-0.25, -0.2) is 0 Å². The van der Waals surface area contributed by atoms with Crippen LogP contribution in [-0.2, 0) is 9.59 Å². The van der Waals surface area contributed by atoms with E-state index in [0.29, 0.717) is 43.2 Å². The number of amides is 2. The van der Waals surface area contributed by atoms with Gasteiger partial charge in [0.2, 0.25) is 11.8 Å². The number of nitrogens with one attached hydrogen (secondary N) is 1. The van der Waals surface area contributed by atoms with Gasteiger partial charge in [0, 0.05) is 32.1 Å². The second kappa shape index (κ2) is 5.48. The van der Waals surface area contributed by atoms with E-state index in [4.69, 9.17) is 9.47 Å². The first kappa shape index (κ1) is 15.2. The molecule has 8 nitrogen and oxygen atoms in total. The third-order valence-electron chi connectivity index (χ3n) is 5.22. The molecule has 134 valence electrons.